The van der Waals surface area contributed by atoms with Crippen LogP contribution >= 0.6 is 24.0 Å². The van der Waals surface area contributed by atoms with Gasteiger partial charge in [-0.15, -0.1) is 24.0 Å². The lowest BCUT2D eigenvalue weighted by Gasteiger charge is -2.43. The Bertz CT molecular complexity index is 673. The van der Waals surface area contributed by atoms with Gasteiger partial charge in [-0.05, 0) is 76.7 Å². The van der Waals surface area contributed by atoms with Crippen LogP contribution in [-0.2, 0) is 4.74 Å². The first-order valence-corrected chi connectivity index (χ1v) is 10.7. The van der Waals surface area contributed by atoms with E-state index in [1.54, 1.807) is 13.0 Å². The maximum atomic E-state index is 13.9. The molecule has 1 aromatic rings. The molecule has 2 aliphatic rings. The van der Waals surface area contributed by atoms with Gasteiger partial charge in [-0.1, -0.05) is 12.1 Å². The van der Waals surface area contributed by atoms with Crippen molar-refractivity contribution in [3.8, 4) is 0 Å². The molecule has 164 valence electrons. The van der Waals surface area contributed by atoms with E-state index < -0.39 is 0 Å². The van der Waals surface area contributed by atoms with Crippen molar-refractivity contribution in [2.24, 2.45) is 4.99 Å². The summed E-state index contributed by atoms with van der Waals surface area (Å²) < 4.78 is 19.6. The number of nitrogens with one attached hydrogen (secondary N) is 2. The zero-order valence-corrected chi connectivity index (χ0v) is 20.3. The van der Waals surface area contributed by atoms with Gasteiger partial charge in [0.05, 0.1) is 12.6 Å². The average molecular weight is 518 g/mol. The molecule has 0 aliphatic carbocycles. The number of halogens is 2. The second-order valence-corrected chi connectivity index (χ2v) is 8.10. The Kier molecular flexibility index (Phi) is 9.62. The Balaban J connectivity index is 0.00000300. The van der Waals surface area contributed by atoms with E-state index in [4.69, 9.17) is 9.73 Å². The maximum absolute atomic E-state index is 13.9. The smallest absolute Gasteiger partial charge is 0.191 e. The van der Waals surface area contributed by atoms with Crippen LogP contribution in [0.2, 0.25) is 0 Å². The van der Waals surface area contributed by atoms with Crippen LogP contribution in [-0.4, -0.2) is 55.8 Å². The molecule has 2 heterocycles. The number of rotatable bonds is 6. The molecule has 1 aromatic carbocycles. The van der Waals surface area contributed by atoms with Gasteiger partial charge in [0, 0.05) is 25.3 Å². The van der Waals surface area contributed by atoms with Crippen molar-refractivity contribution in [1.82, 2.24) is 15.5 Å². The second-order valence-electron chi connectivity index (χ2n) is 8.10. The van der Waals surface area contributed by atoms with E-state index in [2.05, 4.69) is 22.5 Å². The summed E-state index contributed by atoms with van der Waals surface area (Å²) in [5.41, 5.74) is 1.70. The van der Waals surface area contributed by atoms with Crippen molar-refractivity contribution in [1.29, 1.82) is 0 Å². The molecular formula is C22H36FIN4O. The van der Waals surface area contributed by atoms with Crippen LogP contribution in [0.15, 0.2) is 23.2 Å². The summed E-state index contributed by atoms with van der Waals surface area (Å²) in [7, 11) is 0. The molecule has 2 fully saturated rings. The van der Waals surface area contributed by atoms with Gasteiger partial charge in [0.25, 0.3) is 0 Å². The molecule has 0 aromatic heterocycles. The van der Waals surface area contributed by atoms with Gasteiger partial charge in [-0.25, -0.2) is 4.39 Å². The Morgan fingerprint density at radius 1 is 1.28 bits per heavy atom. The lowest BCUT2D eigenvalue weighted by Crippen LogP contribution is -2.54. The molecule has 2 aliphatic heterocycles. The number of benzene rings is 1. The highest BCUT2D eigenvalue weighted by atomic mass is 127. The standard InChI is InChI=1S/C22H35FN4O.HI/c1-4-24-21(26-18(3)19-8-7-17(2)20(23)15-19)25-16-22(9-13-28-14-10-22)27-11-5-6-12-27;/h7-8,15,18H,4-6,9-14,16H2,1-3H3,(H2,24,25,26);1H. The first kappa shape index (κ1) is 24.3. The Hall–Kier alpha value is -0.930. The highest BCUT2D eigenvalue weighted by molar-refractivity contribution is 14.0. The molecular weight excluding hydrogens is 482 g/mol. The van der Waals surface area contributed by atoms with E-state index in [-0.39, 0.29) is 41.4 Å². The number of aryl methyl sites for hydroxylation is 1. The molecule has 0 saturated carbocycles. The fourth-order valence-corrected chi connectivity index (χ4v) is 4.23. The van der Waals surface area contributed by atoms with Crippen molar-refractivity contribution >= 4 is 29.9 Å². The Labute approximate surface area is 191 Å². The van der Waals surface area contributed by atoms with Gasteiger partial charge in [0.15, 0.2) is 5.96 Å². The summed E-state index contributed by atoms with van der Waals surface area (Å²) in [6.45, 7) is 11.4. The lowest BCUT2D eigenvalue weighted by molar-refractivity contribution is -0.0139. The van der Waals surface area contributed by atoms with Crippen molar-refractivity contribution in [3.05, 3.63) is 35.1 Å². The van der Waals surface area contributed by atoms with Crippen LogP contribution in [0.3, 0.4) is 0 Å². The minimum absolute atomic E-state index is 0. The number of hydrogen-bond donors (Lipinski definition) is 2. The van der Waals surface area contributed by atoms with Crippen LogP contribution < -0.4 is 10.6 Å². The Morgan fingerprint density at radius 3 is 2.59 bits per heavy atom. The average Bonchev–Trinajstić information content (AvgIpc) is 3.25. The third kappa shape index (κ3) is 6.28. The molecule has 0 bridgehead atoms. The minimum atomic E-state index is -0.164. The largest absolute Gasteiger partial charge is 0.381 e. The predicted molar refractivity (Wildman–Crippen MR) is 128 cm³/mol. The second kappa shape index (κ2) is 11.5. The summed E-state index contributed by atoms with van der Waals surface area (Å²) in [4.78, 5) is 7.59. The van der Waals surface area contributed by atoms with E-state index >= 15 is 0 Å². The van der Waals surface area contributed by atoms with Gasteiger partial charge in [-0.2, -0.15) is 0 Å². The highest BCUT2D eigenvalue weighted by Crippen LogP contribution is 2.31. The van der Waals surface area contributed by atoms with Crippen molar-refractivity contribution < 1.29 is 9.13 Å². The summed E-state index contributed by atoms with van der Waals surface area (Å²) in [6, 6.07) is 5.40. The molecule has 2 saturated heterocycles. The number of guanidine groups is 1. The van der Waals surface area contributed by atoms with Crippen LogP contribution in [0.25, 0.3) is 0 Å². The molecule has 1 unspecified atom stereocenters. The van der Waals surface area contributed by atoms with Gasteiger partial charge in [0.2, 0.25) is 0 Å². The van der Waals surface area contributed by atoms with Crippen LogP contribution in [0.5, 0.6) is 0 Å². The van der Waals surface area contributed by atoms with Crippen LogP contribution in [0, 0.1) is 12.7 Å². The van der Waals surface area contributed by atoms with E-state index in [1.165, 1.54) is 25.9 Å². The van der Waals surface area contributed by atoms with Crippen LogP contribution in [0.4, 0.5) is 4.39 Å². The van der Waals surface area contributed by atoms with Gasteiger partial charge < -0.3 is 15.4 Å². The summed E-state index contributed by atoms with van der Waals surface area (Å²) >= 11 is 0. The summed E-state index contributed by atoms with van der Waals surface area (Å²) in [6.07, 6.45) is 4.63. The normalized spacial score (nSPS) is 20.8. The zero-order valence-electron chi connectivity index (χ0n) is 18.0. The van der Waals surface area contributed by atoms with E-state index in [0.717, 1.165) is 50.7 Å². The van der Waals surface area contributed by atoms with Crippen molar-refractivity contribution in [2.45, 2.75) is 58.0 Å². The van der Waals surface area contributed by atoms with E-state index in [1.807, 2.05) is 19.1 Å². The molecule has 3 rings (SSSR count). The monoisotopic (exact) mass is 518 g/mol. The number of ether oxygens (including phenoxy) is 1. The molecule has 1 atom stereocenters. The molecule has 0 spiro atoms. The number of nitrogens with zero attached hydrogens (tertiary/aromatic N) is 2. The highest BCUT2D eigenvalue weighted by Gasteiger charge is 2.39. The molecule has 29 heavy (non-hydrogen) atoms. The first-order chi connectivity index (χ1) is 13.5. The van der Waals surface area contributed by atoms with E-state index in [9.17, 15) is 4.39 Å². The molecule has 7 heteroatoms. The number of likely N-dealkylation sites (tertiary alicyclic amines) is 1. The lowest BCUT2D eigenvalue weighted by atomic mass is 9.88. The quantitative estimate of drug-likeness (QED) is 0.340. The van der Waals surface area contributed by atoms with E-state index in [0.29, 0.717) is 5.56 Å². The predicted octanol–water partition coefficient (Wildman–Crippen LogP) is 4.01. The minimum Gasteiger partial charge on any atom is -0.381 e. The maximum Gasteiger partial charge on any atom is 0.191 e. The Morgan fingerprint density at radius 2 is 1.97 bits per heavy atom. The molecule has 5 nitrogen and oxygen atoms in total. The van der Waals surface area contributed by atoms with Crippen LogP contribution in [0.1, 0.15) is 56.7 Å². The van der Waals surface area contributed by atoms with Gasteiger partial charge in [-0.3, -0.25) is 9.89 Å². The summed E-state index contributed by atoms with van der Waals surface area (Å²) in [5, 5.41) is 6.80. The molecule has 0 amide bonds. The third-order valence-electron chi connectivity index (χ3n) is 6.13. The zero-order chi connectivity index (χ0) is 20.0. The van der Waals surface area contributed by atoms with Crippen molar-refractivity contribution in [3.63, 3.8) is 0 Å². The first-order valence-electron chi connectivity index (χ1n) is 10.7. The summed E-state index contributed by atoms with van der Waals surface area (Å²) in [5.74, 6) is 0.629. The molecule has 0 radical (unpaired) electrons. The molecule has 2 N–H and O–H groups in total. The topological polar surface area (TPSA) is 48.9 Å². The number of hydrogen-bond acceptors (Lipinski definition) is 3. The van der Waals surface area contributed by atoms with Gasteiger partial charge in [0.1, 0.15) is 5.82 Å². The van der Waals surface area contributed by atoms with Crippen molar-refractivity contribution in [2.75, 3.05) is 39.4 Å². The van der Waals surface area contributed by atoms with Gasteiger partial charge >= 0.3 is 0 Å². The number of aliphatic imine (C=N–C) groups is 1. The fourth-order valence-electron chi connectivity index (χ4n) is 4.23. The SMILES string of the molecule is CCNC(=NCC1(N2CCCC2)CCOCC1)NC(C)c1ccc(C)c(F)c1.I. The third-order valence-corrected chi connectivity index (χ3v) is 6.13. The fraction of sp³-hybridized carbons (Fsp3) is 0.682.